The van der Waals surface area contributed by atoms with E-state index in [9.17, 15) is 0 Å². The van der Waals surface area contributed by atoms with Gasteiger partial charge in [0.15, 0.2) is 0 Å². The summed E-state index contributed by atoms with van der Waals surface area (Å²) in [5, 5.41) is 0. The molecule has 152 valence electrons. The fraction of sp³-hybridized carbons (Fsp3) is 0.200. The van der Waals surface area contributed by atoms with Crippen molar-refractivity contribution in [2.75, 3.05) is 0 Å². The van der Waals surface area contributed by atoms with Crippen LogP contribution in [-0.4, -0.2) is 18.4 Å². The summed E-state index contributed by atoms with van der Waals surface area (Å²) < 4.78 is 3.33. The van der Waals surface area contributed by atoms with Crippen LogP contribution in [-0.2, 0) is 12.8 Å². The molecule has 0 bridgehead atoms. The zero-order chi connectivity index (χ0) is 21.3. The molecule has 4 aromatic carbocycles. The van der Waals surface area contributed by atoms with Crippen LogP contribution in [0.1, 0.15) is 33.4 Å². The van der Waals surface area contributed by atoms with Gasteiger partial charge >= 0.3 is 191 Å². The molecule has 0 unspecified atom stereocenters. The molecule has 0 saturated heterocycles. The van der Waals surface area contributed by atoms with Crippen LogP contribution >= 0.6 is 0 Å². The van der Waals surface area contributed by atoms with Crippen LogP contribution in [0.3, 0.4) is 0 Å². The van der Waals surface area contributed by atoms with Crippen molar-refractivity contribution in [1.82, 2.24) is 0 Å². The third-order valence-corrected chi connectivity index (χ3v) is 18.7. The van der Waals surface area contributed by atoms with Gasteiger partial charge in [0.05, 0.1) is 0 Å². The number of rotatable bonds is 2. The van der Waals surface area contributed by atoms with Crippen LogP contribution in [0.2, 0.25) is 9.88 Å². The van der Waals surface area contributed by atoms with E-state index in [0.717, 1.165) is 12.8 Å². The molecule has 0 aromatic heterocycles. The third-order valence-electron chi connectivity index (χ3n) is 7.89. The Morgan fingerprint density at radius 3 is 1.39 bits per heavy atom. The Labute approximate surface area is 189 Å². The van der Waals surface area contributed by atoms with Crippen molar-refractivity contribution in [3.63, 3.8) is 0 Å². The average Bonchev–Trinajstić information content (AvgIpc) is 3.34. The van der Waals surface area contributed by atoms with Gasteiger partial charge in [0, 0.05) is 0 Å². The first-order valence-electron chi connectivity index (χ1n) is 11.4. The van der Waals surface area contributed by atoms with Crippen LogP contribution < -0.4 is 7.16 Å². The fourth-order valence-corrected chi connectivity index (χ4v) is 16.1. The van der Waals surface area contributed by atoms with Gasteiger partial charge in [0.2, 0.25) is 0 Å². The second-order valence-electron chi connectivity index (χ2n) is 9.82. The predicted octanol–water partition coefficient (Wildman–Crippen LogP) is 6.27. The normalized spacial score (nSPS) is 13.5. The number of benzene rings is 4. The summed E-state index contributed by atoms with van der Waals surface area (Å²) in [6.07, 6.45) is 2.18. The molecule has 0 atom stereocenters. The first-order valence-corrected chi connectivity index (χ1v) is 20.0. The monoisotopic (exact) mass is 508 g/mol. The summed E-state index contributed by atoms with van der Waals surface area (Å²) in [5.41, 5.74) is 15.0. The fourth-order valence-electron chi connectivity index (χ4n) is 6.23. The molecule has 4 aromatic rings. The standard InChI is InChI=1S/2C14H11.2CH3.Sn/c2*1-10-5-4-8-13-12-7-3-2-6-11(12)9-14(10)13;;;/h2*2-4,6-8H,9H2,1H3;2*1H3;. The second kappa shape index (κ2) is 6.84. The molecule has 1 heteroatoms. The molecule has 0 spiro atoms. The van der Waals surface area contributed by atoms with E-state index in [1.807, 2.05) is 0 Å². The molecular formula is C30H28Sn. The zero-order valence-electron chi connectivity index (χ0n) is 18.8. The molecule has 6 rings (SSSR count). The Bertz CT molecular complexity index is 1270. The molecule has 0 radical (unpaired) electrons. The number of hydrogen-bond donors (Lipinski definition) is 0. The van der Waals surface area contributed by atoms with Gasteiger partial charge in [-0.3, -0.25) is 0 Å². The maximum atomic E-state index is 2.61. The van der Waals surface area contributed by atoms with Crippen LogP contribution in [0, 0.1) is 13.8 Å². The molecule has 2 aliphatic rings. The molecule has 2 aliphatic carbocycles. The van der Waals surface area contributed by atoms with E-state index < -0.39 is 18.4 Å². The Balaban J connectivity index is 1.47. The van der Waals surface area contributed by atoms with E-state index in [0.29, 0.717) is 0 Å². The van der Waals surface area contributed by atoms with Gasteiger partial charge in [0.25, 0.3) is 0 Å². The van der Waals surface area contributed by atoms with Crippen molar-refractivity contribution >= 4 is 25.5 Å². The quantitative estimate of drug-likeness (QED) is 0.243. The van der Waals surface area contributed by atoms with Crippen LogP contribution in [0.15, 0.2) is 72.8 Å². The SMILES string of the molecule is Cc1[c]([Sn]([CH3])([CH3])[c]2ccc3c(c2C)Cc2ccccc2-3)ccc2c1Cc1ccccc1-2. The average molecular weight is 507 g/mol. The number of hydrogen-bond acceptors (Lipinski definition) is 0. The second-order valence-corrected chi connectivity index (χ2v) is 22.2. The van der Waals surface area contributed by atoms with Gasteiger partial charge in [-0.25, -0.2) is 0 Å². The van der Waals surface area contributed by atoms with Crippen LogP contribution in [0.4, 0.5) is 0 Å². The Morgan fingerprint density at radius 1 is 0.516 bits per heavy atom. The Kier molecular flexibility index (Phi) is 4.27. The van der Waals surface area contributed by atoms with Crippen molar-refractivity contribution in [3.05, 3.63) is 106 Å². The summed E-state index contributed by atoms with van der Waals surface area (Å²) >= 11 is -2.76. The van der Waals surface area contributed by atoms with Crippen molar-refractivity contribution in [2.24, 2.45) is 0 Å². The van der Waals surface area contributed by atoms with Crippen molar-refractivity contribution in [1.29, 1.82) is 0 Å². The Hall–Kier alpha value is -2.32. The van der Waals surface area contributed by atoms with E-state index >= 15 is 0 Å². The maximum absolute atomic E-state index is 2.76. The van der Waals surface area contributed by atoms with E-state index in [1.165, 1.54) is 33.4 Å². The Morgan fingerprint density at radius 2 is 0.935 bits per heavy atom. The van der Waals surface area contributed by atoms with E-state index in [-0.39, 0.29) is 0 Å². The van der Waals surface area contributed by atoms with E-state index in [2.05, 4.69) is 96.5 Å². The molecule has 0 heterocycles. The molecule has 0 nitrogen and oxygen atoms in total. The van der Waals surface area contributed by atoms with Crippen molar-refractivity contribution < 1.29 is 0 Å². The van der Waals surface area contributed by atoms with Gasteiger partial charge in [-0.2, -0.15) is 0 Å². The van der Waals surface area contributed by atoms with E-state index in [4.69, 9.17) is 0 Å². The molecular weight excluding hydrogens is 479 g/mol. The van der Waals surface area contributed by atoms with Crippen LogP contribution in [0.25, 0.3) is 22.3 Å². The topological polar surface area (TPSA) is 0 Å². The summed E-state index contributed by atoms with van der Waals surface area (Å²) in [7, 11) is 0. The van der Waals surface area contributed by atoms with Gasteiger partial charge in [0.1, 0.15) is 0 Å². The molecule has 0 fully saturated rings. The van der Waals surface area contributed by atoms with Gasteiger partial charge in [-0.1, -0.05) is 0 Å². The van der Waals surface area contributed by atoms with Gasteiger partial charge in [-0.05, 0) is 0 Å². The van der Waals surface area contributed by atoms with Gasteiger partial charge in [-0.15, -0.1) is 0 Å². The summed E-state index contributed by atoms with van der Waals surface area (Å²) in [6, 6.07) is 27.7. The van der Waals surface area contributed by atoms with E-state index in [1.54, 1.807) is 29.4 Å². The minimum atomic E-state index is -2.76. The molecule has 0 saturated carbocycles. The minimum absolute atomic E-state index is 1.09. The third kappa shape index (κ3) is 2.74. The summed E-state index contributed by atoms with van der Waals surface area (Å²) in [5.74, 6) is 0. The summed E-state index contributed by atoms with van der Waals surface area (Å²) in [6.45, 7) is 4.77. The molecule has 0 amide bonds. The zero-order valence-corrected chi connectivity index (χ0v) is 21.7. The first-order chi connectivity index (χ1) is 15.0. The first kappa shape index (κ1) is 19.4. The molecule has 31 heavy (non-hydrogen) atoms. The summed E-state index contributed by atoms with van der Waals surface area (Å²) in [4.78, 5) is 5.23. The predicted molar refractivity (Wildman–Crippen MR) is 136 cm³/mol. The van der Waals surface area contributed by atoms with Crippen molar-refractivity contribution in [3.8, 4) is 22.3 Å². The molecule has 0 aliphatic heterocycles. The number of fused-ring (bicyclic) bond motifs is 6. The van der Waals surface area contributed by atoms with Crippen molar-refractivity contribution in [2.45, 2.75) is 36.6 Å². The van der Waals surface area contributed by atoms with Gasteiger partial charge < -0.3 is 0 Å². The van der Waals surface area contributed by atoms with Crippen LogP contribution in [0.5, 0.6) is 0 Å². The molecule has 0 N–H and O–H groups in total.